The van der Waals surface area contributed by atoms with Gasteiger partial charge in [0.05, 0.1) is 17.6 Å². The molecule has 0 aliphatic rings. The molecule has 1 atom stereocenters. The van der Waals surface area contributed by atoms with Gasteiger partial charge in [0, 0.05) is 29.3 Å². The molecule has 0 unspecified atom stereocenters. The van der Waals surface area contributed by atoms with Crippen LogP contribution in [-0.4, -0.2) is 40.2 Å². The van der Waals surface area contributed by atoms with Gasteiger partial charge in [-0.3, -0.25) is 14.9 Å². The molecule has 198 valence electrons. The van der Waals surface area contributed by atoms with Gasteiger partial charge in [-0.05, 0) is 30.2 Å². The molecule has 12 heteroatoms. The zero-order valence-corrected chi connectivity index (χ0v) is 21.6. The van der Waals surface area contributed by atoms with E-state index in [1.165, 1.54) is 30.7 Å². The van der Waals surface area contributed by atoms with E-state index in [4.69, 9.17) is 10.5 Å². The molecular formula is C26H27FN6O4S. The molecule has 2 aromatic heterocycles. The monoisotopic (exact) mass is 538 g/mol. The summed E-state index contributed by atoms with van der Waals surface area (Å²) in [4.78, 5) is 20.5. The summed E-state index contributed by atoms with van der Waals surface area (Å²) in [6, 6.07) is 10.9. The highest BCUT2D eigenvalue weighted by Gasteiger charge is 2.23. The molecule has 1 amide bonds. The number of amides is 1. The van der Waals surface area contributed by atoms with Crippen molar-refractivity contribution in [2.24, 2.45) is 5.73 Å². The number of primary amides is 1. The van der Waals surface area contributed by atoms with E-state index in [1.54, 1.807) is 37.3 Å². The van der Waals surface area contributed by atoms with Crippen LogP contribution in [0.2, 0.25) is 0 Å². The van der Waals surface area contributed by atoms with Crippen LogP contribution in [0.25, 0.3) is 11.3 Å². The number of nitrogens with two attached hydrogens (primary N) is 1. The lowest BCUT2D eigenvalue weighted by Gasteiger charge is -2.21. The van der Waals surface area contributed by atoms with Crippen molar-refractivity contribution in [2.45, 2.75) is 32.1 Å². The molecular weight excluding hydrogens is 511 g/mol. The van der Waals surface area contributed by atoms with Crippen LogP contribution in [0.4, 0.5) is 16.0 Å². The zero-order chi connectivity index (χ0) is 27.3. The maximum Gasteiger partial charge on any atom is 0.254 e. The molecule has 0 aliphatic heterocycles. The van der Waals surface area contributed by atoms with Crippen LogP contribution in [0.1, 0.15) is 47.9 Å². The molecule has 38 heavy (non-hydrogen) atoms. The Balaban J connectivity index is 1.77. The maximum atomic E-state index is 13.5. The largest absolute Gasteiger partial charge is 0.485 e. The smallest absolute Gasteiger partial charge is 0.254 e. The Morgan fingerprint density at radius 3 is 2.55 bits per heavy atom. The van der Waals surface area contributed by atoms with E-state index in [9.17, 15) is 17.6 Å². The first-order chi connectivity index (χ1) is 18.2. The Morgan fingerprint density at radius 1 is 1.16 bits per heavy atom. The van der Waals surface area contributed by atoms with E-state index in [2.05, 4.69) is 25.5 Å². The Kier molecular flexibility index (Phi) is 8.01. The number of aromatic amines is 1. The standard InChI is InChI=1S/C26H27FN6O4S/c1-3-20(16-7-9-19(27)10-8-16)37-21-13-17(5-6-18(21)15-38(35,36)4-2)24-23(25(28)34)26(33-32-24)31-22-14-29-11-12-30-22/h5-14,20H,3-4,15H2,1-2H3,(H2,28,34)(H2,30,31,32,33)/t20-/m1/s1. The van der Waals surface area contributed by atoms with Gasteiger partial charge in [-0.25, -0.2) is 17.8 Å². The highest BCUT2D eigenvalue weighted by Crippen LogP contribution is 2.35. The van der Waals surface area contributed by atoms with Crippen LogP contribution in [0.5, 0.6) is 5.75 Å². The second-order valence-corrected chi connectivity index (χ2v) is 10.8. The van der Waals surface area contributed by atoms with Crippen LogP contribution >= 0.6 is 0 Å². The fourth-order valence-electron chi connectivity index (χ4n) is 3.86. The summed E-state index contributed by atoms with van der Waals surface area (Å²) in [6.45, 7) is 3.48. The van der Waals surface area contributed by atoms with E-state index in [1.807, 2.05) is 6.92 Å². The first-order valence-electron chi connectivity index (χ1n) is 11.9. The number of aromatic nitrogens is 4. The summed E-state index contributed by atoms with van der Waals surface area (Å²) in [5.41, 5.74) is 7.78. The predicted octanol–water partition coefficient (Wildman–Crippen LogP) is 4.31. The van der Waals surface area contributed by atoms with Crippen molar-refractivity contribution in [2.75, 3.05) is 11.1 Å². The van der Waals surface area contributed by atoms with Crippen LogP contribution in [-0.2, 0) is 15.6 Å². The normalized spacial score (nSPS) is 12.2. The highest BCUT2D eigenvalue weighted by molar-refractivity contribution is 7.90. The lowest BCUT2D eigenvalue weighted by Crippen LogP contribution is -2.14. The second kappa shape index (κ2) is 11.4. The number of rotatable bonds is 11. The van der Waals surface area contributed by atoms with Gasteiger partial charge < -0.3 is 15.8 Å². The molecule has 4 rings (SSSR count). The van der Waals surface area contributed by atoms with Gasteiger partial charge >= 0.3 is 0 Å². The van der Waals surface area contributed by atoms with Crippen LogP contribution in [0.3, 0.4) is 0 Å². The number of carbonyl (C=O) groups is 1. The van der Waals surface area contributed by atoms with Crippen molar-refractivity contribution in [3.8, 4) is 17.0 Å². The number of nitrogens with zero attached hydrogens (tertiary/aromatic N) is 3. The minimum Gasteiger partial charge on any atom is -0.485 e. The van der Waals surface area contributed by atoms with E-state index >= 15 is 0 Å². The number of hydrogen-bond donors (Lipinski definition) is 3. The Hall–Kier alpha value is -4.32. The van der Waals surface area contributed by atoms with E-state index in [0.29, 0.717) is 34.8 Å². The lowest BCUT2D eigenvalue weighted by molar-refractivity contribution is 0.100. The van der Waals surface area contributed by atoms with Crippen molar-refractivity contribution in [1.29, 1.82) is 0 Å². The van der Waals surface area contributed by atoms with Gasteiger partial charge in [-0.1, -0.05) is 38.1 Å². The molecule has 0 bridgehead atoms. The number of ether oxygens (including phenoxy) is 1. The molecule has 0 spiro atoms. The van der Waals surface area contributed by atoms with Crippen molar-refractivity contribution in [1.82, 2.24) is 20.2 Å². The second-order valence-electron chi connectivity index (χ2n) is 8.47. The van der Waals surface area contributed by atoms with Gasteiger partial charge in [-0.15, -0.1) is 0 Å². The third-order valence-corrected chi connectivity index (χ3v) is 7.51. The predicted molar refractivity (Wildman–Crippen MR) is 141 cm³/mol. The third-order valence-electron chi connectivity index (χ3n) is 5.88. The Bertz CT molecular complexity index is 1530. The number of carbonyl (C=O) groups excluding carboxylic acids is 1. The molecule has 4 N–H and O–H groups in total. The van der Waals surface area contributed by atoms with Gasteiger partial charge in [-0.2, -0.15) is 5.10 Å². The van der Waals surface area contributed by atoms with E-state index in [-0.39, 0.29) is 28.7 Å². The zero-order valence-electron chi connectivity index (χ0n) is 20.8. The molecule has 2 heterocycles. The summed E-state index contributed by atoms with van der Waals surface area (Å²) < 4.78 is 44.7. The average Bonchev–Trinajstić information content (AvgIpc) is 3.33. The topological polar surface area (TPSA) is 153 Å². The van der Waals surface area contributed by atoms with Crippen molar-refractivity contribution < 1.29 is 22.3 Å². The van der Waals surface area contributed by atoms with Gasteiger partial charge in [0.25, 0.3) is 5.91 Å². The average molecular weight is 539 g/mol. The van der Waals surface area contributed by atoms with E-state index in [0.717, 1.165) is 5.56 Å². The Labute approximate surface area is 219 Å². The number of H-pyrrole nitrogens is 1. The van der Waals surface area contributed by atoms with Crippen LogP contribution < -0.4 is 15.8 Å². The maximum absolute atomic E-state index is 13.5. The van der Waals surface area contributed by atoms with E-state index < -0.39 is 21.8 Å². The van der Waals surface area contributed by atoms with Crippen molar-refractivity contribution in [3.63, 3.8) is 0 Å². The number of hydrogen-bond acceptors (Lipinski definition) is 8. The minimum absolute atomic E-state index is 0.0346. The highest BCUT2D eigenvalue weighted by atomic mass is 32.2. The molecule has 0 saturated carbocycles. The first kappa shape index (κ1) is 26.7. The molecule has 2 aromatic carbocycles. The number of anilines is 2. The summed E-state index contributed by atoms with van der Waals surface area (Å²) >= 11 is 0. The number of halogens is 1. The molecule has 0 fully saturated rings. The number of benzene rings is 2. The molecule has 4 aromatic rings. The lowest BCUT2D eigenvalue weighted by atomic mass is 10.0. The first-order valence-corrected chi connectivity index (χ1v) is 13.7. The third kappa shape index (κ3) is 6.14. The van der Waals surface area contributed by atoms with Crippen molar-refractivity contribution in [3.05, 3.63) is 83.6 Å². The molecule has 0 saturated heterocycles. The summed E-state index contributed by atoms with van der Waals surface area (Å²) in [5.74, 6) is -0.545. The van der Waals surface area contributed by atoms with Gasteiger partial charge in [0.2, 0.25) is 0 Å². The van der Waals surface area contributed by atoms with Gasteiger partial charge in [0.1, 0.15) is 29.1 Å². The quantitative estimate of drug-likeness (QED) is 0.255. The van der Waals surface area contributed by atoms with Gasteiger partial charge in [0.15, 0.2) is 15.7 Å². The summed E-state index contributed by atoms with van der Waals surface area (Å²) in [6.07, 6.45) is 4.53. The fraction of sp³-hybridized carbons (Fsp3) is 0.231. The number of sulfone groups is 1. The summed E-state index contributed by atoms with van der Waals surface area (Å²) in [7, 11) is -3.38. The SMILES string of the molecule is CC[C@@H](Oc1cc(-c2[nH]nc(Nc3cnccn3)c2C(N)=O)ccc1CS(=O)(=O)CC)c1ccc(F)cc1. The fourth-order valence-corrected chi connectivity index (χ4v) is 4.78. The molecule has 10 nitrogen and oxygen atoms in total. The number of nitrogens with one attached hydrogen (secondary N) is 2. The minimum atomic E-state index is -3.38. The summed E-state index contributed by atoms with van der Waals surface area (Å²) in [5, 5.41) is 9.93. The van der Waals surface area contributed by atoms with Crippen LogP contribution in [0, 0.1) is 5.82 Å². The Morgan fingerprint density at radius 2 is 1.92 bits per heavy atom. The van der Waals surface area contributed by atoms with Crippen molar-refractivity contribution >= 4 is 27.4 Å². The van der Waals surface area contributed by atoms with Crippen LogP contribution in [0.15, 0.2) is 61.1 Å². The molecule has 0 radical (unpaired) electrons. The molecule has 0 aliphatic carbocycles.